The maximum atomic E-state index is 12.6. The molecule has 0 aliphatic heterocycles. The number of nitrogens with zero attached hydrogens (tertiary/aromatic N) is 5. The van der Waals surface area contributed by atoms with Gasteiger partial charge in [0.15, 0.2) is 5.13 Å². The van der Waals surface area contributed by atoms with Crippen LogP contribution in [0, 0.1) is 13.8 Å². The van der Waals surface area contributed by atoms with Crippen LogP contribution < -0.4 is 5.32 Å². The molecule has 3 heterocycles. The van der Waals surface area contributed by atoms with Crippen molar-refractivity contribution < 1.29 is 4.79 Å². The van der Waals surface area contributed by atoms with Gasteiger partial charge in [-0.3, -0.25) is 10.1 Å². The molecular formula is C21H20N6OS. The van der Waals surface area contributed by atoms with Gasteiger partial charge in [0.2, 0.25) is 5.82 Å². The average molecular weight is 404 g/mol. The molecule has 5 rings (SSSR count). The summed E-state index contributed by atoms with van der Waals surface area (Å²) in [6, 6.07) is 8.45. The molecule has 4 aromatic rings. The third kappa shape index (κ3) is 3.40. The number of carbonyl (C=O) groups is 1. The van der Waals surface area contributed by atoms with Crippen molar-refractivity contribution in [3.05, 3.63) is 58.0 Å². The van der Waals surface area contributed by atoms with Gasteiger partial charge in [-0.25, -0.2) is 14.5 Å². The second-order valence-corrected chi connectivity index (χ2v) is 8.23. The van der Waals surface area contributed by atoms with Crippen LogP contribution in [-0.4, -0.2) is 30.5 Å². The number of anilines is 1. The Balaban J connectivity index is 1.37. The molecule has 0 saturated carbocycles. The first-order valence-electron chi connectivity index (χ1n) is 9.67. The summed E-state index contributed by atoms with van der Waals surface area (Å²) in [4.78, 5) is 25.8. The number of aromatic nitrogens is 5. The molecule has 1 aliphatic rings. The van der Waals surface area contributed by atoms with E-state index in [1.807, 2.05) is 25.3 Å². The first kappa shape index (κ1) is 17.9. The van der Waals surface area contributed by atoms with Gasteiger partial charge in [0.25, 0.3) is 11.7 Å². The van der Waals surface area contributed by atoms with Crippen LogP contribution in [0.5, 0.6) is 0 Å². The summed E-state index contributed by atoms with van der Waals surface area (Å²) < 4.78 is 1.57. The molecule has 7 nitrogen and oxygen atoms in total. The van der Waals surface area contributed by atoms with E-state index in [4.69, 9.17) is 0 Å². The average Bonchev–Trinajstić information content (AvgIpc) is 3.35. The van der Waals surface area contributed by atoms with Gasteiger partial charge >= 0.3 is 0 Å². The van der Waals surface area contributed by atoms with E-state index < -0.39 is 0 Å². The maximum Gasteiger partial charge on any atom is 0.297 e. The number of benzene rings is 1. The monoisotopic (exact) mass is 404 g/mol. The first-order chi connectivity index (χ1) is 14.1. The van der Waals surface area contributed by atoms with Crippen molar-refractivity contribution in [3.63, 3.8) is 0 Å². The van der Waals surface area contributed by atoms with Gasteiger partial charge in [0.05, 0.1) is 5.69 Å². The van der Waals surface area contributed by atoms with Crippen LogP contribution in [0.2, 0.25) is 0 Å². The third-order valence-corrected chi connectivity index (χ3v) is 5.95. The van der Waals surface area contributed by atoms with Crippen molar-refractivity contribution in [1.29, 1.82) is 0 Å². The van der Waals surface area contributed by atoms with Crippen LogP contribution >= 0.6 is 11.3 Å². The van der Waals surface area contributed by atoms with Crippen molar-refractivity contribution in [2.75, 3.05) is 5.32 Å². The van der Waals surface area contributed by atoms with Crippen LogP contribution in [-0.2, 0) is 12.8 Å². The van der Waals surface area contributed by atoms with E-state index in [2.05, 4.69) is 43.6 Å². The van der Waals surface area contributed by atoms with Gasteiger partial charge in [-0.05, 0) is 62.8 Å². The highest BCUT2D eigenvalue weighted by Gasteiger charge is 2.17. The molecule has 8 heteroatoms. The zero-order chi connectivity index (χ0) is 20.0. The highest BCUT2D eigenvalue weighted by atomic mass is 32.1. The number of thiazole rings is 1. The highest BCUT2D eigenvalue weighted by molar-refractivity contribution is 7.14. The van der Waals surface area contributed by atoms with Crippen molar-refractivity contribution in [3.8, 4) is 11.3 Å². The van der Waals surface area contributed by atoms with E-state index in [-0.39, 0.29) is 11.7 Å². The van der Waals surface area contributed by atoms with Gasteiger partial charge in [-0.1, -0.05) is 12.1 Å². The van der Waals surface area contributed by atoms with E-state index in [1.54, 1.807) is 4.52 Å². The van der Waals surface area contributed by atoms with Crippen LogP contribution in [0.1, 0.15) is 46.0 Å². The van der Waals surface area contributed by atoms with Crippen LogP contribution in [0.4, 0.5) is 5.13 Å². The fraction of sp³-hybridized carbons (Fsp3) is 0.286. The lowest BCUT2D eigenvalue weighted by Crippen LogP contribution is -2.13. The first-order valence-corrected chi connectivity index (χ1v) is 10.5. The van der Waals surface area contributed by atoms with E-state index in [1.165, 1.54) is 35.3 Å². The van der Waals surface area contributed by atoms with Crippen molar-refractivity contribution in [1.82, 2.24) is 24.6 Å². The fourth-order valence-corrected chi connectivity index (χ4v) is 4.49. The Kier molecular flexibility index (Phi) is 4.35. The molecular weight excluding hydrogens is 384 g/mol. The lowest BCUT2D eigenvalue weighted by molar-refractivity contribution is 0.101. The minimum atomic E-state index is -0.390. The predicted octanol–water partition coefficient (Wildman–Crippen LogP) is 4.00. The molecule has 1 amide bonds. The van der Waals surface area contributed by atoms with Gasteiger partial charge < -0.3 is 0 Å². The molecule has 0 atom stereocenters. The van der Waals surface area contributed by atoms with E-state index in [0.29, 0.717) is 10.9 Å². The van der Waals surface area contributed by atoms with Gasteiger partial charge in [-0.2, -0.15) is 4.98 Å². The normalized spacial score (nSPS) is 13.4. The molecule has 1 N–H and O–H groups in total. The Morgan fingerprint density at radius 2 is 1.90 bits per heavy atom. The van der Waals surface area contributed by atoms with Crippen molar-refractivity contribution >= 4 is 28.2 Å². The predicted molar refractivity (Wildman–Crippen MR) is 112 cm³/mol. The Hall–Kier alpha value is -3.13. The largest absolute Gasteiger partial charge is 0.297 e. The van der Waals surface area contributed by atoms with E-state index in [9.17, 15) is 4.79 Å². The van der Waals surface area contributed by atoms with Gasteiger partial charge in [0, 0.05) is 22.3 Å². The van der Waals surface area contributed by atoms with Gasteiger partial charge in [0.1, 0.15) is 0 Å². The summed E-state index contributed by atoms with van der Waals surface area (Å²) >= 11 is 1.40. The topological polar surface area (TPSA) is 85.1 Å². The summed E-state index contributed by atoms with van der Waals surface area (Å²) in [5, 5.41) is 9.57. The second kappa shape index (κ2) is 7.04. The number of rotatable bonds is 3. The highest BCUT2D eigenvalue weighted by Crippen LogP contribution is 2.29. The lowest BCUT2D eigenvalue weighted by Gasteiger charge is -2.16. The maximum absolute atomic E-state index is 12.6. The molecule has 1 aromatic carbocycles. The summed E-state index contributed by atoms with van der Waals surface area (Å²) in [5.41, 5.74) is 6.53. The molecule has 146 valence electrons. The number of hydrogen-bond acceptors (Lipinski definition) is 6. The zero-order valence-corrected chi connectivity index (χ0v) is 17.1. The van der Waals surface area contributed by atoms with Crippen molar-refractivity contribution in [2.45, 2.75) is 39.5 Å². The number of aryl methyl sites for hydroxylation is 4. The van der Waals surface area contributed by atoms with E-state index >= 15 is 0 Å². The zero-order valence-electron chi connectivity index (χ0n) is 16.3. The summed E-state index contributed by atoms with van der Waals surface area (Å²) in [7, 11) is 0. The summed E-state index contributed by atoms with van der Waals surface area (Å²) in [6.45, 7) is 3.79. The minimum Gasteiger partial charge on any atom is -0.295 e. The summed E-state index contributed by atoms with van der Waals surface area (Å²) in [6.07, 6.45) is 4.80. The van der Waals surface area contributed by atoms with E-state index in [0.717, 1.165) is 35.5 Å². The number of carbonyl (C=O) groups excluding carboxylic acids is 1. The minimum absolute atomic E-state index is 0.0803. The van der Waals surface area contributed by atoms with Crippen LogP contribution in [0.15, 0.2) is 29.6 Å². The molecule has 0 spiro atoms. The molecule has 0 unspecified atom stereocenters. The number of hydrogen-bond donors (Lipinski definition) is 1. The smallest absolute Gasteiger partial charge is 0.295 e. The number of fused-ring (bicyclic) bond motifs is 2. The second-order valence-electron chi connectivity index (χ2n) is 7.37. The SMILES string of the molecule is Cc1cc(C)n2nc(C(=O)Nc3nc(-c4ccc5c(c4)CCCC5)cs3)nc2n1. The molecule has 0 fully saturated rings. The Morgan fingerprint density at radius 1 is 1.07 bits per heavy atom. The lowest BCUT2D eigenvalue weighted by atomic mass is 9.90. The molecule has 29 heavy (non-hydrogen) atoms. The summed E-state index contributed by atoms with van der Waals surface area (Å²) in [5.74, 6) is 0.108. The molecule has 0 bridgehead atoms. The standard InChI is InChI=1S/C21H20N6OS/c1-12-9-13(2)27-20(22-12)24-18(26-27)19(28)25-21-23-17(11-29-21)16-8-7-14-5-3-4-6-15(14)10-16/h7-11H,3-6H2,1-2H3,(H,23,25,28). The Labute approximate surface area is 171 Å². The molecule has 1 aliphatic carbocycles. The van der Waals surface area contributed by atoms with Crippen molar-refractivity contribution in [2.24, 2.45) is 0 Å². The van der Waals surface area contributed by atoms with Gasteiger partial charge in [-0.15, -0.1) is 16.4 Å². The molecule has 0 saturated heterocycles. The Morgan fingerprint density at radius 3 is 2.76 bits per heavy atom. The number of amides is 1. The number of nitrogens with one attached hydrogen (secondary N) is 1. The molecule has 3 aromatic heterocycles. The molecule has 0 radical (unpaired) electrons. The van der Waals surface area contributed by atoms with Crippen LogP contribution in [0.25, 0.3) is 17.0 Å². The quantitative estimate of drug-likeness (QED) is 0.558. The Bertz CT molecular complexity index is 1240. The fourth-order valence-electron chi connectivity index (χ4n) is 3.77. The van der Waals surface area contributed by atoms with Crippen LogP contribution in [0.3, 0.4) is 0 Å². The third-order valence-electron chi connectivity index (χ3n) is 5.19.